The van der Waals surface area contributed by atoms with E-state index in [1.807, 2.05) is 12.1 Å². The number of nitrogens with one attached hydrogen (secondary N) is 1. The summed E-state index contributed by atoms with van der Waals surface area (Å²) in [6, 6.07) is 12.9. The lowest BCUT2D eigenvalue weighted by atomic mass is 9.95. The molecule has 10 nitrogen and oxygen atoms in total. The molecule has 4 aromatic rings. The molecule has 37 heavy (non-hydrogen) atoms. The van der Waals surface area contributed by atoms with Crippen LogP contribution in [0.1, 0.15) is 54.1 Å². The van der Waals surface area contributed by atoms with Gasteiger partial charge in [-0.05, 0) is 48.2 Å². The van der Waals surface area contributed by atoms with E-state index in [9.17, 15) is 14.7 Å². The molecule has 0 unspecified atom stereocenters. The summed E-state index contributed by atoms with van der Waals surface area (Å²) in [7, 11) is 0. The Morgan fingerprint density at radius 3 is 2.62 bits per heavy atom. The molecule has 0 bridgehead atoms. The summed E-state index contributed by atoms with van der Waals surface area (Å²) in [5.41, 5.74) is 12.5. The fraction of sp³-hybridized carbons (Fsp3) is 0.296. The van der Waals surface area contributed by atoms with Gasteiger partial charge in [-0.25, -0.2) is 9.78 Å². The number of carbonyl (C=O) groups is 2. The summed E-state index contributed by atoms with van der Waals surface area (Å²) < 4.78 is 7.56. The smallest absolute Gasteiger partial charge is 0.326 e. The van der Waals surface area contributed by atoms with Gasteiger partial charge in [0.1, 0.15) is 18.1 Å². The lowest BCUT2D eigenvalue weighted by Crippen LogP contribution is -2.42. The highest BCUT2D eigenvalue weighted by Crippen LogP contribution is 2.36. The number of carboxylic acid groups (broad SMARTS) is 1. The number of fused-ring (bicyclic) bond motifs is 1. The Balaban J connectivity index is 1.41. The van der Waals surface area contributed by atoms with Crippen molar-refractivity contribution in [1.29, 1.82) is 0 Å². The minimum Gasteiger partial charge on any atom is -0.480 e. The predicted molar refractivity (Wildman–Crippen MR) is 137 cm³/mol. The van der Waals surface area contributed by atoms with Crippen molar-refractivity contribution >= 4 is 28.6 Å². The number of hydrogen-bond donors (Lipinski definition) is 2. The summed E-state index contributed by atoms with van der Waals surface area (Å²) in [5.74, 6) is -0.824. The lowest BCUT2D eigenvalue weighted by Gasteiger charge is -2.25. The molecule has 10 heteroatoms. The van der Waals surface area contributed by atoms with E-state index in [-0.39, 0.29) is 6.42 Å². The zero-order valence-corrected chi connectivity index (χ0v) is 20.1. The van der Waals surface area contributed by atoms with E-state index in [4.69, 9.17) is 14.9 Å². The Hall–Kier alpha value is -4.56. The molecule has 1 fully saturated rings. The van der Waals surface area contributed by atoms with Gasteiger partial charge in [-0.2, -0.15) is 0 Å². The third-order valence-electron chi connectivity index (χ3n) is 6.81. The second kappa shape index (κ2) is 10.6. The standard InChI is InChI=1S/C27H26N6O4/c28-32-31-20-9-6-17(7-10-20)14-23(27(35)36)30-26(34)18-8-11-24-22(15-18)29-25(19-12-13-37-16-19)33(24)21-4-2-1-3-5-21/h6-13,15-16,21,23H,1-5,14H2,(H,30,34)(H,35,36)/t23-/m0/s1. The first-order chi connectivity index (χ1) is 18.0. The largest absolute Gasteiger partial charge is 0.480 e. The maximum absolute atomic E-state index is 13.1. The van der Waals surface area contributed by atoms with Gasteiger partial charge in [0.15, 0.2) is 0 Å². The minimum absolute atomic E-state index is 0.0841. The number of carboxylic acids is 1. The summed E-state index contributed by atoms with van der Waals surface area (Å²) in [6.45, 7) is 0. The first-order valence-corrected chi connectivity index (χ1v) is 12.3. The molecule has 1 aliphatic rings. The average molecular weight is 499 g/mol. The van der Waals surface area contributed by atoms with E-state index in [1.165, 1.54) is 19.3 Å². The van der Waals surface area contributed by atoms with Crippen molar-refractivity contribution in [3.8, 4) is 11.4 Å². The van der Waals surface area contributed by atoms with Crippen LogP contribution >= 0.6 is 0 Å². The maximum atomic E-state index is 13.1. The van der Waals surface area contributed by atoms with Gasteiger partial charge < -0.3 is 19.4 Å². The molecule has 0 saturated heterocycles. The first kappa shape index (κ1) is 24.1. The molecule has 2 aromatic heterocycles. The van der Waals surface area contributed by atoms with Gasteiger partial charge >= 0.3 is 5.97 Å². The van der Waals surface area contributed by atoms with Gasteiger partial charge in [0.2, 0.25) is 0 Å². The molecule has 0 aliphatic heterocycles. The highest BCUT2D eigenvalue weighted by atomic mass is 16.4. The Morgan fingerprint density at radius 2 is 1.95 bits per heavy atom. The second-order valence-electron chi connectivity index (χ2n) is 9.24. The van der Waals surface area contributed by atoms with Crippen LogP contribution in [0.5, 0.6) is 0 Å². The number of carbonyl (C=O) groups excluding carboxylic acids is 1. The monoisotopic (exact) mass is 498 g/mol. The molecular weight excluding hydrogens is 472 g/mol. The van der Waals surface area contributed by atoms with Crippen molar-refractivity contribution in [1.82, 2.24) is 14.9 Å². The van der Waals surface area contributed by atoms with Crippen molar-refractivity contribution in [3.05, 3.63) is 82.6 Å². The molecule has 188 valence electrons. The van der Waals surface area contributed by atoms with E-state index in [2.05, 4.69) is 19.9 Å². The van der Waals surface area contributed by atoms with Gasteiger partial charge in [-0.3, -0.25) is 4.79 Å². The van der Waals surface area contributed by atoms with Crippen LogP contribution in [-0.2, 0) is 11.2 Å². The Morgan fingerprint density at radius 1 is 1.16 bits per heavy atom. The van der Waals surface area contributed by atoms with Crippen LogP contribution < -0.4 is 5.32 Å². The highest BCUT2D eigenvalue weighted by molar-refractivity contribution is 5.99. The number of azide groups is 1. The second-order valence-corrected chi connectivity index (χ2v) is 9.24. The number of aliphatic carboxylic acids is 1. The maximum Gasteiger partial charge on any atom is 0.326 e. The van der Waals surface area contributed by atoms with Crippen LogP contribution in [0.2, 0.25) is 0 Å². The number of amides is 1. The van der Waals surface area contributed by atoms with Crippen molar-refractivity contribution < 1.29 is 19.1 Å². The van der Waals surface area contributed by atoms with Crippen LogP contribution in [0.25, 0.3) is 32.9 Å². The molecule has 0 radical (unpaired) electrons. The molecule has 1 aliphatic carbocycles. The highest BCUT2D eigenvalue weighted by Gasteiger charge is 2.25. The number of benzene rings is 2. The molecule has 1 amide bonds. The van der Waals surface area contributed by atoms with E-state index in [0.29, 0.717) is 28.4 Å². The fourth-order valence-corrected chi connectivity index (χ4v) is 4.97. The number of aromatic nitrogens is 2. The van der Waals surface area contributed by atoms with Crippen molar-refractivity contribution in [3.63, 3.8) is 0 Å². The predicted octanol–water partition coefficient (Wildman–Crippen LogP) is 6.17. The topological polar surface area (TPSA) is 146 Å². The van der Waals surface area contributed by atoms with E-state index in [0.717, 1.165) is 29.7 Å². The molecule has 1 atom stereocenters. The quantitative estimate of drug-likeness (QED) is 0.169. The molecule has 1 saturated carbocycles. The SMILES string of the molecule is [N-]=[N+]=Nc1ccc(C[C@H](NC(=O)c2ccc3c(c2)nc(-c2ccoc2)n3C2CCCCC2)C(=O)O)cc1. The van der Waals surface area contributed by atoms with Crippen LogP contribution in [0, 0.1) is 0 Å². The van der Waals surface area contributed by atoms with Crippen molar-refractivity contribution in [2.75, 3.05) is 0 Å². The Labute approximate surface area is 212 Å². The van der Waals surface area contributed by atoms with Gasteiger partial charge in [0.05, 0.1) is 22.9 Å². The molecule has 2 heterocycles. The third kappa shape index (κ3) is 5.19. The zero-order valence-electron chi connectivity index (χ0n) is 20.1. The fourth-order valence-electron chi connectivity index (χ4n) is 4.97. The summed E-state index contributed by atoms with van der Waals surface area (Å²) in [4.78, 5) is 32.6. The molecular formula is C27H26N6O4. The van der Waals surface area contributed by atoms with Gasteiger partial charge in [0.25, 0.3) is 5.91 Å². The Kier molecular flexibility index (Phi) is 6.91. The summed E-state index contributed by atoms with van der Waals surface area (Å²) in [6.07, 6.45) is 9.09. The Bertz CT molecular complexity index is 1460. The van der Waals surface area contributed by atoms with Gasteiger partial charge in [-0.1, -0.05) is 48.6 Å². The molecule has 5 rings (SSSR count). The average Bonchev–Trinajstić information content (AvgIpc) is 3.57. The number of hydrogen-bond acceptors (Lipinski definition) is 5. The first-order valence-electron chi connectivity index (χ1n) is 12.3. The van der Waals surface area contributed by atoms with E-state index >= 15 is 0 Å². The van der Waals surface area contributed by atoms with Crippen molar-refractivity contribution in [2.45, 2.75) is 50.6 Å². The minimum atomic E-state index is -1.14. The number of imidazole rings is 1. The normalized spacial score (nSPS) is 14.7. The summed E-state index contributed by atoms with van der Waals surface area (Å²) in [5, 5.41) is 15.9. The lowest BCUT2D eigenvalue weighted by molar-refractivity contribution is -0.139. The number of rotatable bonds is 8. The van der Waals surface area contributed by atoms with Crippen LogP contribution in [0.4, 0.5) is 5.69 Å². The van der Waals surface area contributed by atoms with Crippen LogP contribution in [0.15, 0.2) is 70.6 Å². The number of furan rings is 1. The van der Waals surface area contributed by atoms with E-state index < -0.39 is 17.9 Å². The molecule has 2 N–H and O–H groups in total. The summed E-state index contributed by atoms with van der Waals surface area (Å²) >= 11 is 0. The van der Waals surface area contributed by atoms with Crippen molar-refractivity contribution in [2.24, 2.45) is 5.11 Å². The number of nitrogens with zero attached hydrogens (tertiary/aromatic N) is 5. The zero-order chi connectivity index (χ0) is 25.8. The van der Waals surface area contributed by atoms with Crippen LogP contribution in [-0.4, -0.2) is 32.6 Å². The van der Waals surface area contributed by atoms with Gasteiger partial charge in [0, 0.05) is 28.6 Å². The molecule has 2 aromatic carbocycles. The third-order valence-corrected chi connectivity index (χ3v) is 6.81. The van der Waals surface area contributed by atoms with E-state index in [1.54, 1.807) is 48.9 Å². The molecule has 0 spiro atoms. The van der Waals surface area contributed by atoms with Crippen LogP contribution in [0.3, 0.4) is 0 Å². The van der Waals surface area contributed by atoms with Gasteiger partial charge in [-0.15, -0.1) is 0 Å².